The Morgan fingerprint density at radius 2 is 1.97 bits per heavy atom. The average molecular weight is 397 g/mol. The lowest BCUT2D eigenvalue weighted by atomic mass is 10.1. The van der Waals surface area contributed by atoms with E-state index in [9.17, 15) is 9.59 Å². The van der Waals surface area contributed by atoms with Crippen molar-refractivity contribution < 1.29 is 14.3 Å². The average Bonchev–Trinajstić information content (AvgIpc) is 3.34. The summed E-state index contributed by atoms with van der Waals surface area (Å²) in [4.78, 5) is 33.7. The third-order valence-corrected chi connectivity index (χ3v) is 5.63. The number of hydrogen-bond acceptors (Lipinski definition) is 5. The standard InChI is InChI=1S/C21H27N5O3/c1-15-12-16(2)26(23-15)14-20(27)25-7-3-4-19(25)18-6-5-17(13-22-18)21(28)24-8-10-29-11-9-24/h5-6,12-13,19H,3-4,7-11,14H2,1-2H3/t19-/m0/s1. The number of carbonyl (C=O) groups excluding carboxylic acids is 2. The van der Waals surface area contributed by atoms with Crippen LogP contribution in [0.5, 0.6) is 0 Å². The van der Waals surface area contributed by atoms with Gasteiger partial charge in [-0.3, -0.25) is 19.3 Å². The quantitative estimate of drug-likeness (QED) is 0.785. The number of likely N-dealkylation sites (tertiary alicyclic amines) is 1. The van der Waals surface area contributed by atoms with Gasteiger partial charge in [-0.05, 0) is 44.9 Å². The fraction of sp³-hybridized carbons (Fsp3) is 0.524. The third-order valence-electron chi connectivity index (χ3n) is 5.63. The Bertz CT molecular complexity index is 886. The SMILES string of the molecule is Cc1cc(C)n(CC(=O)N2CCC[C@H]2c2ccc(C(=O)N3CCOCC3)cn2)n1. The van der Waals surface area contributed by atoms with Crippen molar-refractivity contribution in [3.63, 3.8) is 0 Å². The first-order valence-corrected chi connectivity index (χ1v) is 10.2. The monoisotopic (exact) mass is 397 g/mol. The number of nitrogens with zero attached hydrogens (tertiary/aromatic N) is 5. The molecule has 29 heavy (non-hydrogen) atoms. The van der Waals surface area contributed by atoms with E-state index in [0.717, 1.165) is 36.5 Å². The van der Waals surface area contributed by atoms with Crippen molar-refractivity contribution in [1.82, 2.24) is 24.6 Å². The van der Waals surface area contributed by atoms with E-state index < -0.39 is 0 Å². The number of ether oxygens (including phenoxy) is 1. The molecule has 2 amide bonds. The first-order valence-electron chi connectivity index (χ1n) is 10.2. The van der Waals surface area contributed by atoms with Crippen molar-refractivity contribution in [2.24, 2.45) is 0 Å². The number of rotatable bonds is 4. The molecule has 0 radical (unpaired) electrons. The van der Waals surface area contributed by atoms with Crippen LogP contribution >= 0.6 is 0 Å². The van der Waals surface area contributed by atoms with Crippen LogP contribution in [-0.2, 0) is 16.1 Å². The van der Waals surface area contributed by atoms with E-state index in [1.165, 1.54) is 0 Å². The Balaban J connectivity index is 1.44. The molecule has 0 N–H and O–H groups in total. The van der Waals surface area contributed by atoms with Crippen LogP contribution in [0.1, 0.15) is 46.3 Å². The summed E-state index contributed by atoms with van der Waals surface area (Å²) in [7, 11) is 0. The van der Waals surface area contributed by atoms with Crippen LogP contribution in [0.3, 0.4) is 0 Å². The second kappa shape index (κ2) is 8.32. The van der Waals surface area contributed by atoms with E-state index in [1.807, 2.05) is 36.9 Å². The number of aryl methyl sites for hydroxylation is 2. The van der Waals surface area contributed by atoms with Crippen LogP contribution < -0.4 is 0 Å². The summed E-state index contributed by atoms with van der Waals surface area (Å²) in [5.41, 5.74) is 3.31. The maximum absolute atomic E-state index is 12.9. The topological polar surface area (TPSA) is 80.6 Å². The number of morpholine rings is 1. The Morgan fingerprint density at radius 1 is 1.17 bits per heavy atom. The molecule has 2 aromatic heterocycles. The summed E-state index contributed by atoms with van der Waals surface area (Å²) in [5.74, 6) is 0.0326. The van der Waals surface area contributed by atoms with Gasteiger partial charge in [-0.15, -0.1) is 0 Å². The highest BCUT2D eigenvalue weighted by atomic mass is 16.5. The zero-order valence-corrected chi connectivity index (χ0v) is 17.0. The van der Waals surface area contributed by atoms with Gasteiger partial charge in [-0.1, -0.05) is 0 Å². The van der Waals surface area contributed by atoms with Crippen LogP contribution in [0.15, 0.2) is 24.4 Å². The molecule has 2 aromatic rings. The summed E-state index contributed by atoms with van der Waals surface area (Å²) in [5, 5.41) is 4.40. The van der Waals surface area contributed by atoms with Crippen LogP contribution in [-0.4, -0.2) is 69.2 Å². The zero-order valence-electron chi connectivity index (χ0n) is 17.0. The van der Waals surface area contributed by atoms with E-state index in [2.05, 4.69) is 10.1 Å². The van der Waals surface area contributed by atoms with Crippen LogP contribution in [0.4, 0.5) is 0 Å². The molecule has 2 aliphatic heterocycles. The predicted octanol–water partition coefficient (Wildman–Crippen LogP) is 1.73. The van der Waals surface area contributed by atoms with E-state index in [0.29, 0.717) is 31.9 Å². The highest BCUT2D eigenvalue weighted by Gasteiger charge is 2.31. The molecule has 2 aliphatic rings. The van der Waals surface area contributed by atoms with Crippen LogP contribution in [0, 0.1) is 13.8 Å². The van der Waals surface area contributed by atoms with Crippen molar-refractivity contribution in [2.45, 2.75) is 39.3 Å². The summed E-state index contributed by atoms with van der Waals surface area (Å²) in [6.45, 7) is 7.21. The maximum Gasteiger partial charge on any atom is 0.255 e. The molecule has 4 rings (SSSR count). The predicted molar refractivity (Wildman–Crippen MR) is 106 cm³/mol. The highest BCUT2D eigenvalue weighted by molar-refractivity contribution is 5.94. The minimum absolute atomic E-state index is 0.0174. The summed E-state index contributed by atoms with van der Waals surface area (Å²) in [6.07, 6.45) is 3.46. The van der Waals surface area contributed by atoms with Gasteiger partial charge in [-0.25, -0.2) is 0 Å². The van der Waals surface area contributed by atoms with Gasteiger partial charge in [0.15, 0.2) is 0 Å². The molecule has 0 unspecified atom stereocenters. The van der Waals surface area contributed by atoms with Gasteiger partial charge in [0, 0.05) is 31.5 Å². The normalized spacial score (nSPS) is 19.6. The van der Waals surface area contributed by atoms with E-state index in [4.69, 9.17) is 4.74 Å². The van der Waals surface area contributed by atoms with Crippen LogP contribution in [0.25, 0.3) is 0 Å². The molecule has 1 atom stereocenters. The zero-order chi connectivity index (χ0) is 20.4. The molecule has 2 fully saturated rings. The molecular formula is C21H27N5O3. The Kier molecular flexibility index (Phi) is 5.62. The molecule has 154 valence electrons. The van der Waals surface area contributed by atoms with E-state index in [1.54, 1.807) is 15.8 Å². The van der Waals surface area contributed by atoms with Crippen molar-refractivity contribution in [2.75, 3.05) is 32.8 Å². The molecule has 0 saturated carbocycles. The minimum atomic E-state index is -0.0491. The van der Waals surface area contributed by atoms with Gasteiger partial charge in [-0.2, -0.15) is 5.10 Å². The molecule has 4 heterocycles. The van der Waals surface area contributed by atoms with Crippen molar-refractivity contribution >= 4 is 11.8 Å². The molecule has 0 aliphatic carbocycles. The smallest absolute Gasteiger partial charge is 0.255 e. The lowest BCUT2D eigenvalue weighted by Gasteiger charge is -2.27. The summed E-state index contributed by atoms with van der Waals surface area (Å²) in [6, 6.07) is 5.63. The first kappa shape index (κ1) is 19.6. The molecular weight excluding hydrogens is 370 g/mol. The van der Waals surface area contributed by atoms with E-state index >= 15 is 0 Å². The number of pyridine rings is 1. The van der Waals surface area contributed by atoms with Crippen molar-refractivity contribution in [1.29, 1.82) is 0 Å². The van der Waals surface area contributed by atoms with Crippen LogP contribution in [0.2, 0.25) is 0 Å². The van der Waals surface area contributed by atoms with Gasteiger partial charge in [0.1, 0.15) is 6.54 Å². The molecule has 8 nitrogen and oxygen atoms in total. The van der Waals surface area contributed by atoms with Gasteiger partial charge in [0.2, 0.25) is 5.91 Å². The number of carbonyl (C=O) groups is 2. The van der Waals surface area contributed by atoms with Gasteiger partial charge < -0.3 is 14.5 Å². The lowest BCUT2D eigenvalue weighted by molar-refractivity contribution is -0.133. The molecule has 0 bridgehead atoms. The maximum atomic E-state index is 12.9. The minimum Gasteiger partial charge on any atom is -0.378 e. The van der Waals surface area contributed by atoms with E-state index in [-0.39, 0.29) is 24.4 Å². The Labute approximate surface area is 170 Å². The third kappa shape index (κ3) is 4.17. The number of aromatic nitrogens is 3. The van der Waals surface area contributed by atoms with Crippen molar-refractivity contribution in [3.8, 4) is 0 Å². The van der Waals surface area contributed by atoms with Gasteiger partial charge in [0.05, 0.1) is 36.2 Å². The van der Waals surface area contributed by atoms with Gasteiger partial charge in [0.25, 0.3) is 5.91 Å². The summed E-state index contributed by atoms with van der Waals surface area (Å²) < 4.78 is 7.06. The largest absolute Gasteiger partial charge is 0.378 e. The Hall–Kier alpha value is -2.74. The second-order valence-electron chi connectivity index (χ2n) is 7.71. The number of hydrogen-bond donors (Lipinski definition) is 0. The van der Waals surface area contributed by atoms with Crippen molar-refractivity contribution in [3.05, 3.63) is 47.0 Å². The first-order chi connectivity index (χ1) is 14.0. The Morgan fingerprint density at radius 3 is 2.62 bits per heavy atom. The second-order valence-corrected chi connectivity index (χ2v) is 7.71. The highest BCUT2D eigenvalue weighted by Crippen LogP contribution is 2.31. The lowest BCUT2D eigenvalue weighted by Crippen LogP contribution is -2.40. The number of amides is 2. The molecule has 0 aromatic carbocycles. The molecule has 2 saturated heterocycles. The fourth-order valence-corrected chi connectivity index (χ4v) is 4.10. The summed E-state index contributed by atoms with van der Waals surface area (Å²) >= 11 is 0. The van der Waals surface area contributed by atoms with Gasteiger partial charge >= 0.3 is 0 Å². The molecule has 8 heteroatoms. The molecule has 0 spiro atoms. The fourth-order valence-electron chi connectivity index (χ4n) is 4.10.